The molecule has 0 spiro atoms. The zero-order valence-electron chi connectivity index (χ0n) is 10.1. The molecule has 18 heavy (non-hydrogen) atoms. The predicted octanol–water partition coefficient (Wildman–Crippen LogP) is 1.80. The Morgan fingerprint density at radius 2 is 2.28 bits per heavy atom. The molecule has 0 aliphatic heterocycles. The Bertz CT molecular complexity index is 578. The minimum absolute atomic E-state index is 0.0805. The lowest BCUT2D eigenvalue weighted by Crippen LogP contribution is -2.06. The average Bonchev–Trinajstić information content (AvgIpc) is 2.78. The number of anilines is 1. The molecule has 1 aromatic heterocycles. The molecule has 0 unspecified atom stereocenters. The van der Waals surface area contributed by atoms with Gasteiger partial charge in [-0.1, -0.05) is 0 Å². The van der Waals surface area contributed by atoms with Crippen LogP contribution in [0.25, 0.3) is 11.5 Å². The van der Waals surface area contributed by atoms with Crippen molar-refractivity contribution < 1.29 is 14.1 Å². The van der Waals surface area contributed by atoms with Crippen LogP contribution < -0.4 is 5.73 Å². The van der Waals surface area contributed by atoms with Crippen LogP contribution in [0.4, 0.5) is 5.69 Å². The van der Waals surface area contributed by atoms with Crippen LogP contribution in [0.3, 0.4) is 0 Å². The number of hydrogen-bond acceptors (Lipinski definition) is 6. The number of hydrogen-bond donors (Lipinski definition) is 1. The van der Waals surface area contributed by atoms with Gasteiger partial charge in [-0.2, -0.15) is 4.98 Å². The summed E-state index contributed by atoms with van der Waals surface area (Å²) in [5, 5.41) is 3.58. The van der Waals surface area contributed by atoms with E-state index in [-0.39, 0.29) is 18.3 Å². The fourth-order valence-electron chi connectivity index (χ4n) is 1.54. The number of ether oxygens (including phenoxy) is 1. The number of benzene rings is 1. The van der Waals surface area contributed by atoms with Gasteiger partial charge in [0.2, 0.25) is 0 Å². The number of nitrogens with two attached hydrogens (primary N) is 1. The van der Waals surface area contributed by atoms with Crippen molar-refractivity contribution in [2.45, 2.75) is 13.8 Å². The molecule has 2 N–H and O–H groups in total. The Labute approximate surface area is 104 Å². The fraction of sp³-hybridized carbons (Fsp3) is 0.250. The van der Waals surface area contributed by atoms with Gasteiger partial charge in [-0.3, -0.25) is 0 Å². The molecule has 0 atom stereocenters. The Morgan fingerprint density at radius 3 is 2.94 bits per heavy atom. The summed E-state index contributed by atoms with van der Waals surface area (Å²) in [4.78, 5) is 15.4. The summed E-state index contributed by atoms with van der Waals surface area (Å²) in [5.74, 6) is -0.403. The SMILES string of the molecule is CCOC(=O)c1noc(-c2ccc(N)cc2C)n1. The zero-order valence-corrected chi connectivity index (χ0v) is 10.1. The molecule has 0 saturated heterocycles. The van der Waals surface area contributed by atoms with Crippen molar-refractivity contribution in [1.29, 1.82) is 0 Å². The number of carbonyl (C=O) groups is 1. The minimum atomic E-state index is -0.597. The predicted molar refractivity (Wildman–Crippen MR) is 64.8 cm³/mol. The highest BCUT2D eigenvalue weighted by Crippen LogP contribution is 2.23. The maximum atomic E-state index is 11.4. The number of nitrogen functional groups attached to an aromatic ring is 1. The summed E-state index contributed by atoms with van der Waals surface area (Å²) in [5.41, 5.74) is 7.95. The average molecular weight is 247 g/mol. The Morgan fingerprint density at radius 1 is 1.50 bits per heavy atom. The van der Waals surface area contributed by atoms with Gasteiger partial charge in [-0.15, -0.1) is 0 Å². The van der Waals surface area contributed by atoms with Crippen molar-refractivity contribution in [3.05, 3.63) is 29.6 Å². The molecule has 2 aromatic rings. The number of aromatic nitrogens is 2. The molecule has 0 aliphatic rings. The molecule has 0 fully saturated rings. The lowest BCUT2D eigenvalue weighted by atomic mass is 10.1. The number of rotatable bonds is 3. The molecule has 1 heterocycles. The van der Waals surface area contributed by atoms with Gasteiger partial charge in [0.25, 0.3) is 11.7 Å². The summed E-state index contributed by atoms with van der Waals surface area (Å²) in [7, 11) is 0. The van der Waals surface area contributed by atoms with Crippen LogP contribution in [0.1, 0.15) is 23.1 Å². The van der Waals surface area contributed by atoms with Crippen molar-refractivity contribution in [1.82, 2.24) is 10.1 Å². The van der Waals surface area contributed by atoms with Crippen molar-refractivity contribution in [3.8, 4) is 11.5 Å². The Balaban J connectivity index is 2.32. The van der Waals surface area contributed by atoms with Crippen LogP contribution in [0.15, 0.2) is 22.7 Å². The number of aryl methyl sites for hydroxylation is 1. The molecule has 0 saturated carbocycles. The third-order valence-electron chi connectivity index (χ3n) is 2.36. The summed E-state index contributed by atoms with van der Waals surface area (Å²) >= 11 is 0. The second-order valence-electron chi connectivity index (χ2n) is 3.72. The van der Waals surface area contributed by atoms with Gasteiger partial charge < -0.3 is 15.0 Å². The number of nitrogens with zero attached hydrogens (tertiary/aromatic N) is 2. The van der Waals surface area contributed by atoms with Crippen LogP contribution in [-0.4, -0.2) is 22.7 Å². The first-order valence-electron chi connectivity index (χ1n) is 5.49. The summed E-state index contributed by atoms with van der Waals surface area (Å²) in [6, 6.07) is 5.30. The van der Waals surface area contributed by atoms with E-state index in [0.29, 0.717) is 5.69 Å². The Hall–Kier alpha value is -2.37. The first-order chi connectivity index (χ1) is 8.61. The van der Waals surface area contributed by atoms with Crippen LogP contribution in [-0.2, 0) is 4.74 Å². The van der Waals surface area contributed by atoms with Gasteiger partial charge in [0.05, 0.1) is 6.61 Å². The normalized spacial score (nSPS) is 10.3. The minimum Gasteiger partial charge on any atom is -0.460 e. The van der Waals surface area contributed by atoms with Crippen molar-refractivity contribution in [3.63, 3.8) is 0 Å². The Kier molecular flexibility index (Phi) is 3.27. The highest BCUT2D eigenvalue weighted by atomic mass is 16.5. The van der Waals surface area contributed by atoms with E-state index < -0.39 is 5.97 Å². The summed E-state index contributed by atoms with van der Waals surface area (Å²) < 4.78 is 9.82. The highest BCUT2D eigenvalue weighted by molar-refractivity contribution is 5.85. The van der Waals surface area contributed by atoms with E-state index >= 15 is 0 Å². The lowest BCUT2D eigenvalue weighted by Gasteiger charge is -2.01. The van der Waals surface area contributed by atoms with Crippen LogP contribution >= 0.6 is 0 Å². The monoisotopic (exact) mass is 247 g/mol. The molecule has 1 aromatic carbocycles. The third kappa shape index (κ3) is 2.32. The van der Waals surface area contributed by atoms with E-state index in [9.17, 15) is 4.79 Å². The zero-order chi connectivity index (χ0) is 13.1. The first kappa shape index (κ1) is 12.1. The molecule has 94 valence electrons. The fourth-order valence-corrected chi connectivity index (χ4v) is 1.54. The molecule has 6 heteroatoms. The van der Waals surface area contributed by atoms with Gasteiger partial charge in [0.15, 0.2) is 0 Å². The second-order valence-corrected chi connectivity index (χ2v) is 3.72. The van der Waals surface area contributed by atoms with Crippen LogP contribution in [0.2, 0.25) is 0 Å². The highest BCUT2D eigenvalue weighted by Gasteiger charge is 2.17. The van der Waals surface area contributed by atoms with Gasteiger partial charge in [-0.05, 0) is 42.8 Å². The van der Waals surface area contributed by atoms with Gasteiger partial charge in [0.1, 0.15) is 0 Å². The van der Waals surface area contributed by atoms with E-state index in [1.807, 2.05) is 6.92 Å². The maximum absolute atomic E-state index is 11.4. The molecule has 0 amide bonds. The molecule has 6 nitrogen and oxygen atoms in total. The van der Waals surface area contributed by atoms with E-state index in [2.05, 4.69) is 10.1 Å². The van der Waals surface area contributed by atoms with E-state index in [1.165, 1.54) is 0 Å². The summed E-state index contributed by atoms with van der Waals surface area (Å²) in [6.45, 7) is 3.85. The van der Waals surface area contributed by atoms with Crippen molar-refractivity contribution >= 4 is 11.7 Å². The van der Waals surface area contributed by atoms with Crippen molar-refractivity contribution in [2.75, 3.05) is 12.3 Å². The standard InChI is InChI=1S/C12H13N3O3/c1-3-17-12(16)10-14-11(18-15-10)9-5-4-8(13)6-7(9)2/h4-6H,3,13H2,1-2H3. The molecule has 0 bridgehead atoms. The second kappa shape index (κ2) is 4.87. The van der Waals surface area contributed by atoms with E-state index in [4.69, 9.17) is 15.0 Å². The summed E-state index contributed by atoms with van der Waals surface area (Å²) in [6.07, 6.45) is 0. The molecular formula is C12H13N3O3. The van der Waals surface area contributed by atoms with E-state index in [0.717, 1.165) is 11.1 Å². The van der Waals surface area contributed by atoms with Crippen LogP contribution in [0, 0.1) is 6.92 Å². The molecule has 0 aliphatic carbocycles. The smallest absolute Gasteiger partial charge is 0.379 e. The van der Waals surface area contributed by atoms with Gasteiger partial charge >= 0.3 is 5.97 Å². The molecule has 2 rings (SSSR count). The van der Waals surface area contributed by atoms with E-state index in [1.54, 1.807) is 25.1 Å². The van der Waals surface area contributed by atoms with Crippen molar-refractivity contribution in [2.24, 2.45) is 0 Å². The van der Waals surface area contributed by atoms with Crippen LogP contribution in [0.5, 0.6) is 0 Å². The molecule has 0 radical (unpaired) electrons. The lowest BCUT2D eigenvalue weighted by molar-refractivity contribution is 0.0508. The third-order valence-corrected chi connectivity index (χ3v) is 2.36. The maximum Gasteiger partial charge on any atom is 0.379 e. The topological polar surface area (TPSA) is 91.2 Å². The first-order valence-corrected chi connectivity index (χ1v) is 5.49. The molecular weight excluding hydrogens is 234 g/mol. The van der Waals surface area contributed by atoms with Gasteiger partial charge in [-0.25, -0.2) is 4.79 Å². The van der Waals surface area contributed by atoms with Gasteiger partial charge in [0, 0.05) is 11.3 Å². The number of carbonyl (C=O) groups excluding carboxylic acids is 1. The number of esters is 1. The largest absolute Gasteiger partial charge is 0.460 e. The quantitative estimate of drug-likeness (QED) is 0.656.